The molecule has 1 aliphatic rings. The lowest BCUT2D eigenvalue weighted by Gasteiger charge is -2.24. The zero-order valence-electron chi connectivity index (χ0n) is 25.5. The van der Waals surface area contributed by atoms with Crippen molar-refractivity contribution in [1.82, 2.24) is 0 Å². The SMILES string of the molecule is CC1(C)c2ccccc2-c2cc(-c3cccc(-c4c5ccccc5c(-c5ccccc5)c5ccccc45)c3)c3ccccc3c21. The lowest BCUT2D eigenvalue weighted by Crippen LogP contribution is -2.15. The molecule has 212 valence electrons. The van der Waals surface area contributed by atoms with Crippen LogP contribution in [0.25, 0.3) is 76.8 Å². The molecule has 8 aromatic rings. The van der Waals surface area contributed by atoms with Gasteiger partial charge in [-0.05, 0) is 100 Å². The Labute approximate surface area is 264 Å². The Morgan fingerprint density at radius 1 is 0.333 bits per heavy atom. The molecule has 8 aromatic carbocycles. The highest BCUT2D eigenvalue weighted by Crippen LogP contribution is 2.53. The third-order valence-corrected chi connectivity index (χ3v) is 10.0. The van der Waals surface area contributed by atoms with Gasteiger partial charge in [0, 0.05) is 5.41 Å². The summed E-state index contributed by atoms with van der Waals surface area (Å²) in [5.41, 5.74) is 13.1. The molecule has 0 amide bonds. The van der Waals surface area contributed by atoms with Crippen molar-refractivity contribution in [2.75, 3.05) is 0 Å². The Bertz CT molecular complexity index is 2390. The smallest absolute Gasteiger partial charge is 0.0165 e. The van der Waals surface area contributed by atoms with Crippen LogP contribution >= 0.6 is 0 Å². The Morgan fingerprint density at radius 2 is 0.822 bits per heavy atom. The predicted molar refractivity (Wildman–Crippen MR) is 193 cm³/mol. The first-order valence-electron chi connectivity index (χ1n) is 15.9. The first kappa shape index (κ1) is 26.0. The van der Waals surface area contributed by atoms with E-state index in [-0.39, 0.29) is 5.41 Å². The molecule has 0 aromatic heterocycles. The maximum absolute atomic E-state index is 2.46. The van der Waals surface area contributed by atoms with Gasteiger partial charge in [-0.25, -0.2) is 0 Å². The van der Waals surface area contributed by atoms with Crippen LogP contribution in [0.4, 0.5) is 0 Å². The van der Waals surface area contributed by atoms with E-state index in [4.69, 9.17) is 0 Å². The fourth-order valence-corrected chi connectivity index (χ4v) is 8.10. The van der Waals surface area contributed by atoms with Crippen molar-refractivity contribution >= 4 is 32.3 Å². The van der Waals surface area contributed by atoms with E-state index >= 15 is 0 Å². The summed E-state index contributed by atoms with van der Waals surface area (Å²) in [5.74, 6) is 0. The van der Waals surface area contributed by atoms with Gasteiger partial charge in [-0.15, -0.1) is 0 Å². The summed E-state index contributed by atoms with van der Waals surface area (Å²) >= 11 is 0. The van der Waals surface area contributed by atoms with Crippen LogP contribution in [0.15, 0.2) is 158 Å². The van der Waals surface area contributed by atoms with Crippen molar-refractivity contribution in [3.05, 3.63) is 169 Å². The molecule has 9 rings (SSSR count). The molecule has 0 spiro atoms. The highest BCUT2D eigenvalue weighted by molar-refractivity contribution is 6.21. The van der Waals surface area contributed by atoms with Gasteiger partial charge in [0.2, 0.25) is 0 Å². The molecular formula is C45H32. The first-order chi connectivity index (χ1) is 22.1. The van der Waals surface area contributed by atoms with E-state index in [1.807, 2.05) is 0 Å². The van der Waals surface area contributed by atoms with Crippen LogP contribution in [0, 0.1) is 0 Å². The molecule has 0 radical (unpaired) electrons. The molecule has 0 saturated heterocycles. The standard InChI is InChI=1S/C45H32/c1-45(2)41-26-13-12-20-33(41)40-28-39(32-19-6-11-25-38(32)44(40)45)30-17-14-18-31(27-30)43-36-23-9-7-21-34(36)42(29-15-4-3-5-16-29)35-22-8-10-24-37(35)43/h3-28H,1-2H3. The summed E-state index contributed by atoms with van der Waals surface area (Å²) in [6, 6.07) is 58.3. The van der Waals surface area contributed by atoms with Gasteiger partial charge in [0.15, 0.2) is 0 Å². The van der Waals surface area contributed by atoms with E-state index in [0.29, 0.717) is 0 Å². The van der Waals surface area contributed by atoms with Crippen LogP contribution in [0.3, 0.4) is 0 Å². The van der Waals surface area contributed by atoms with Crippen LogP contribution in [-0.2, 0) is 5.41 Å². The Hall–Kier alpha value is -5.46. The van der Waals surface area contributed by atoms with Crippen molar-refractivity contribution in [3.63, 3.8) is 0 Å². The molecule has 0 saturated carbocycles. The quantitative estimate of drug-likeness (QED) is 0.185. The molecule has 0 nitrogen and oxygen atoms in total. The average Bonchev–Trinajstić information content (AvgIpc) is 3.33. The van der Waals surface area contributed by atoms with Gasteiger partial charge in [-0.1, -0.05) is 159 Å². The monoisotopic (exact) mass is 572 g/mol. The van der Waals surface area contributed by atoms with Crippen LogP contribution < -0.4 is 0 Å². The molecule has 1 aliphatic carbocycles. The van der Waals surface area contributed by atoms with Crippen molar-refractivity contribution in [2.24, 2.45) is 0 Å². The molecule has 0 aliphatic heterocycles. The van der Waals surface area contributed by atoms with Gasteiger partial charge in [-0.2, -0.15) is 0 Å². The zero-order chi connectivity index (χ0) is 30.1. The number of hydrogen-bond donors (Lipinski definition) is 0. The van der Waals surface area contributed by atoms with Crippen molar-refractivity contribution < 1.29 is 0 Å². The van der Waals surface area contributed by atoms with Gasteiger partial charge in [0.25, 0.3) is 0 Å². The Balaban J connectivity index is 1.33. The topological polar surface area (TPSA) is 0 Å². The predicted octanol–water partition coefficient (Wildman–Crippen LogP) is 12.5. The maximum Gasteiger partial charge on any atom is 0.0165 e. The molecule has 0 N–H and O–H groups in total. The first-order valence-corrected chi connectivity index (χ1v) is 15.9. The van der Waals surface area contributed by atoms with Crippen molar-refractivity contribution in [2.45, 2.75) is 19.3 Å². The largest absolute Gasteiger partial charge is 0.0622 e. The van der Waals surface area contributed by atoms with Gasteiger partial charge in [-0.3, -0.25) is 0 Å². The summed E-state index contributed by atoms with van der Waals surface area (Å²) in [5, 5.41) is 7.78. The number of fused-ring (bicyclic) bond motifs is 7. The van der Waals surface area contributed by atoms with Crippen LogP contribution in [0.5, 0.6) is 0 Å². The second-order valence-corrected chi connectivity index (χ2v) is 12.9. The molecule has 45 heavy (non-hydrogen) atoms. The Morgan fingerprint density at radius 3 is 1.49 bits per heavy atom. The molecule has 0 bridgehead atoms. The lowest BCUT2D eigenvalue weighted by atomic mass is 9.79. The minimum absolute atomic E-state index is 0.0514. The van der Waals surface area contributed by atoms with E-state index in [2.05, 4.69) is 172 Å². The number of rotatable bonds is 3. The minimum atomic E-state index is -0.0514. The third kappa shape index (κ3) is 3.79. The molecule has 0 atom stereocenters. The van der Waals surface area contributed by atoms with Gasteiger partial charge in [0.05, 0.1) is 0 Å². The normalized spacial score (nSPS) is 13.3. The summed E-state index contributed by atoms with van der Waals surface area (Å²) in [6.07, 6.45) is 0. The molecule has 0 heterocycles. The third-order valence-electron chi connectivity index (χ3n) is 10.0. The fourth-order valence-electron chi connectivity index (χ4n) is 8.10. The van der Waals surface area contributed by atoms with E-state index in [1.54, 1.807) is 0 Å². The van der Waals surface area contributed by atoms with Crippen LogP contribution in [-0.4, -0.2) is 0 Å². The number of benzene rings is 8. The fraction of sp³-hybridized carbons (Fsp3) is 0.0667. The van der Waals surface area contributed by atoms with Crippen LogP contribution in [0.1, 0.15) is 25.0 Å². The van der Waals surface area contributed by atoms with E-state index in [9.17, 15) is 0 Å². The van der Waals surface area contributed by atoms with Crippen molar-refractivity contribution in [1.29, 1.82) is 0 Å². The molecule has 0 heteroatoms. The van der Waals surface area contributed by atoms with Crippen LogP contribution in [0.2, 0.25) is 0 Å². The number of hydrogen-bond acceptors (Lipinski definition) is 0. The molecular weight excluding hydrogens is 540 g/mol. The summed E-state index contributed by atoms with van der Waals surface area (Å²) < 4.78 is 0. The molecule has 0 fully saturated rings. The highest BCUT2D eigenvalue weighted by atomic mass is 14.4. The average molecular weight is 573 g/mol. The second-order valence-electron chi connectivity index (χ2n) is 12.9. The Kier molecular flexibility index (Phi) is 5.64. The van der Waals surface area contributed by atoms with Gasteiger partial charge < -0.3 is 0 Å². The summed E-state index contributed by atoms with van der Waals surface area (Å²) in [7, 11) is 0. The lowest BCUT2D eigenvalue weighted by molar-refractivity contribution is 0.666. The summed E-state index contributed by atoms with van der Waals surface area (Å²) in [4.78, 5) is 0. The van der Waals surface area contributed by atoms with Crippen molar-refractivity contribution in [3.8, 4) is 44.5 Å². The summed E-state index contributed by atoms with van der Waals surface area (Å²) in [6.45, 7) is 4.75. The van der Waals surface area contributed by atoms with E-state index in [0.717, 1.165) is 0 Å². The van der Waals surface area contributed by atoms with Gasteiger partial charge >= 0.3 is 0 Å². The molecule has 0 unspecified atom stereocenters. The maximum atomic E-state index is 2.46. The second kappa shape index (κ2) is 9.78. The minimum Gasteiger partial charge on any atom is -0.0622 e. The van der Waals surface area contributed by atoms with Gasteiger partial charge in [0.1, 0.15) is 0 Å². The van der Waals surface area contributed by atoms with E-state index < -0.39 is 0 Å². The van der Waals surface area contributed by atoms with E-state index in [1.165, 1.54) is 88.0 Å². The zero-order valence-corrected chi connectivity index (χ0v) is 25.5. The highest BCUT2D eigenvalue weighted by Gasteiger charge is 2.37.